The monoisotopic (exact) mass is 343 g/mol. The molecular formula is C14H15Cl2N3OS. The Balaban J connectivity index is 1.91. The standard InChI is InChI=1S/C14H15Cl2N3OS/c1-20-5-4-17-7-10-8-18-14(19-9-10)21-11-2-3-12(15)13(16)6-11/h2-3,6,8-9,17H,4-5,7H2,1H3. The van der Waals surface area contributed by atoms with Gasteiger partial charge in [-0.05, 0) is 30.0 Å². The van der Waals surface area contributed by atoms with E-state index in [1.807, 2.05) is 18.5 Å². The Labute approximate surface area is 138 Å². The first-order chi connectivity index (χ1) is 10.2. The van der Waals surface area contributed by atoms with Crippen molar-refractivity contribution in [3.63, 3.8) is 0 Å². The Hall–Kier alpha value is -0.850. The van der Waals surface area contributed by atoms with E-state index in [-0.39, 0.29) is 0 Å². The van der Waals surface area contributed by atoms with Gasteiger partial charge < -0.3 is 10.1 Å². The number of methoxy groups -OCH3 is 1. The van der Waals surface area contributed by atoms with Gasteiger partial charge in [-0.3, -0.25) is 0 Å². The third-order valence-corrected chi connectivity index (χ3v) is 4.22. The molecule has 0 amide bonds. The van der Waals surface area contributed by atoms with E-state index >= 15 is 0 Å². The first-order valence-electron chi connectivity index (χ1n) is 6.32. The fourth-order valence-corrected chi connectivity index (χ4v) is 2.64. The van der Waals surface area contributed by atoms with Crippen molar-refractivity contribution in [3.8, 4) is 0 Å². The number of benzene rings is 1. The fraction of sp³-hybridized carbons (Fsp3) is 0.286. The molecule has 7 heteroatoms. The number of nitrogens with zero attached hydrogens (tertiary/aromatic N) is 2. The minimum absolute atomic E-state index is 0.528. The summed E-state index contributed by atoms with van der Waals surface area (Å²) in [5.41, 5.74) is 1.03. The molecule has 1 N–H and O–H groups in total. The van der Waals surface area contributed by atoms with E-state index in [2.05, 4.69) is 15.3 Å². The van der Waals surface area contributed by atoms with Gasteiger partial charge in [0.2, 0.25) is 0 Å². The lowest BCUT2D eigenvalue weighted by molar-refractivity contribution is 0.199. The molecular weight excluding hydrogens is 329 g/mol. The van der Waals surface area contributed by atoms with Crippen molar-refractivity contribution in [2.24, 2.45) is 0 Å². The molecule has 0 aliphatic rings. The second-order valence-electron chi connectivity index (χ2n) is 4.22. The zero-order chi connectivity index (χ0) is 15.1. The van der Waals surface area contributed by atoms with Crippen LogP contribution in [0.2, 0.25) is 10.0 Å². The van der Waals surface area contributed by atoms with Gasteiger partial charge in [-0.2, -0.15) is 0 Å². The van der Waals surface area contributed by atoms with Crippen LogP contribution < -0.4 is 5.32 Å². The molecule has 0 aliphatic heterocycles. The summed E-state index contributed by atoms with van der Waals surface area (Å²) in [5.74, 6) is 0. The summed E-state index contributed by atoms with van der Waals surface area (Å²) >= 11 is 13.3. The molecule has 0 saturated heterocycles. The van der Waals surface area contributed by atoms with E-state index in [9.17, 15) is 0 Å². The first-order valence-corrected chi connectivity index (χ1v) is 7.90. The van der Waals surface area contributed by atoms with Crippen LogP contribution in [-0.2, 0) is 11.3 Å². The Morgan fingerprint density at radius 2 is 1.95 bits per heavy atom. The highest BCUT2D eigenvalue weighted by Crippen LogP contribution is 2.30. The molecule has 2 rings (SSSR count). The number of aromatic nitrogens is 2. The molecule has 0 fully saturated rings. The molecule has 112 valence electrons. The Morgan fingerprint density at radius 1 is 1.19 bits per heavy atom. The predicted octanol–water partition coefficient (Wildman–Crippen LogP) is 3.67. The van der Waals surface area contributed by atoms with Crippen LogP contribution >= 0.6 is 35.0 Å². The molecule has 0 spiro atoms. The molecule has 0 unspecified atom stereocenters. The number of rotatable bonds is 7. The highest BCUT2D eigenvalue weighted by atomic mass is 35.5. The van der Waals surface area contributed by atoms with E-state index in [0.29, 0.717) is 21.8 Å². The SMILES string of the molecule is COCCNCc1cnc(Sc2ccc(Cl)c(Cl)c2)nc1. The van der Waals surface area contributed by atoms with Gasteiger partial charge in [0.25, 0.3) is 0 Å². The van der Waals surface area contributed by atoms with E-state index in [1.54, 1.807) is 19.2 Å². The van der Waals surface area contributed by atoms with Crippen molar-refractivity contribution in [2.75, 3.05) is 20.3 Å². The zero-order valence-electron chi connectivity index (χ0n) is 11.5. The van der Waals surface area contributed by atoms with Crippen molar-refractivity contribution in [1.82, 2.24) is 15.3 Å². The smallest absolute Gasteiger partial charge is 0.192 e. The molecule has 4 nitrogen and oxygen atoms in total. The van der Waals surface area contributed by atoms with Crippen molar-refractivity contribution >= 4 is 35.0 Å². The molecule has 0 aliphatic carbocycles. The van der Waals surface area contributed by atoms with E-state index in [0.717, 1.165) is 23.5 Å². The highest BCUT2D eigenvalue weighted by Gasteiger charge is 2.04. The molecule has 0 saturated carbocycles. The maximum Gasteiger partial charge on any atom is 0.192 e. The third-order valence-electron chi connectivity index (χ3n) is 2.59. The van der Waals surface area contributed by atoms with Gasteiger partial charge in [-0.15, -0.1) is 0 Å². The van der Waals surface area contributed by atoms with Crippen molar-refractivity contribution in [1.29, 1.82) is 0 Å². The summed E-state index contributed by atoms with van der Waals surface area (Å²) < 4.78 is 4.97. The molecule has 1 heterocycles. The van der Waals surface area contributed by atoms with Gasteiger partial charge in [-0.1, -0.05) is 23.2 Å². The summed E-state index contributed by atoms with van der Waals surface area (Å²) in [6, 6.07) is 5.46. The zero-order valence-corrected chi connectivity index (χ0v) is 13.8. The third kappa shape index (κ3) is 5.45. The van der Waals surface area contributed by atoms with Crippen molar-refractivity contribution in [2.45, 2.75) is 16.6 Å². The Morgan fingerprint density at radius 3 is 2.62 bits per heavy atom. The average molecular weight is 344 g/mol. The lowest BCUT2D eigenvalue weighted by Crippen LogP contribution is -2.18. The fourth-order valence-electron chi connectivity index (χ4n) is 1.54. The van der Waals surface area contributed by atoms with Crippen LogP contribution in [0.5, 0.6) is 0 Å². The maximum absolute atomic E-state index is 5.98. The average Bonchev–Trinajstić information content (AvgIpc) is 2.49. The number of ether oxygens (including phenoxy) is 1. The minimum Gasteiger partial charge on any atom is -0.383 e. The summed E-state index contributed by atoms with van der Waals surface area (Å²) in [5, 5.41) is 4.99. The lowest BCUT2D eigenvalue weighted by atomic mass is 10.3. The summed E-state index contributed by atoms with van der Waals surface area (Å²) in [4.78, 5) is 9.61. The quantitative estimate of drug-likeness (QED) is 0.613. The Bertz CT molecular complexity index is 581. The summed E-state index contributed by atoms with van der Waals surface area (Å²) in [6.07, 6.45) is 3.62. The van der Waals surface area contributed by atoms with Crippen LogP contribution in [0.4, 0.5) is 0 Å². The molecule has 0 bridgehead atoms. The lowest BCUT2D eigenvalue weighted by Gasteiger charge is -2.05. The van der Waals surface area contributed by atoms with Crippen LogP contribution in [0.15, 0.2) is 40.6 Å². The first kappa shape index (κ1) is 16.5. The molecule has 2 aromatic rings. The van der Waals surface area contributed by atoms with Crippen LogP contribution in [0.25, 0.3) is 0 Å². The number of halogens is 2. The highest BCUT2D eigenvalue weighted by molar-refractivity contribution is 7.99. The van der Waals surface area contributed by atoms with Crippen molar-refractivity contribution < 1.29 is 4.74 Å². The van der Waals surface area contributed by atoms with Gasteiger partial charge in [0.1, 0.15) is 0 Å². The predicted molar refractivity (Wildman–Crippen MR) is 86.2 cm³/mol. The molecule has 0 atom stereocenters. The number of hydrogen-bond donors (Lipinski definition) is 1. The van der Waals surface area contributed by atoms with E-state index < -0.39 is 0 Å². The number of nitrogens with one attached hydrogen (secondary N) is 1. The van der Waals surface area contributed by atoms with E-state index in [1.165, 1.54) is 11.8 Å². The number of hydrogen-bond acceptors (Lipinski definition) is 5. The van der Waals surface area contributed by atoms with Crippen LogP contribution in [0, 0.1) is 0 Å². The largest absolute Gasteiger partial charge is 0.383 e. The van der Waals surface area contributed by atoms with Gasteiger partial charge in [-0.25, -0.2) is 9.97 Å². The molecule has 0 radical (unpaired) electrons. The van der Waals surface area contributed by atoms with Gasteiger partial charge in [0.05, 0.1) is 16.7 Å². The second kappa shape index (κ2) is 8.56. The van der Waals surface area contributed by atoms with E-state index in [4.69, 9.17) is 27.9 Å². The Kier molecular flexibility index (Phi) is 6.73. The molecule has 21 heavy (non-hydrogen) atoms. The normalized spacial score (nSPS) is 10.8. The summed E-state index contributed by atoms with van der Waals surface area (Å²) in [7, 11) is 1.68. The topological polar surface area (TPSA) is 47.0 Å². The van der Waals surface area contributed by atoms with Crippen LogP contribution in [0.3, 0.4) is 0 Å². The van der Waals surface area contributed by atoms with Crippen LogP contribution in [0.1, 0.15) is 5.56 Å². The van der Waals surface area contributed by atoms with Gasteiger partial charge >= 0.3 is 0 Å². The van der Waals surface area contributed by atoms with Crippen LogP contribution in [-0.4, -0.2) is 30.2 Å². The van der Waals surface area contributed by atoms with Crippen molar-refractivity contribution in [3.05, 3.63) is 46.2 Å². The maximum atomic E-state index is 5.98. The minimum atomic E-state index is 0.528. The van der Waals surface area contributed by atoms with Gasteiger partial charge in [0, 0.05) is 43.1 Å². The molecule has 1 aromatic heterocycles. The second-order valence-corrected chi connectivity index (χ2v) is 6.08. The molecule has 1 aromatic carbocycles. The van der Waals surface area contributed by atoms with Gasteiger partial charge in [0.15, 0.2) is 5.16 Å². The summed E-state index contributed by atoms with van der Waals surface area (Å²) in [6.45, 7) is 2.21.